The fraction of sp³-hybridized carbons (Fsp3) is 0.273. The smallest absolute Gasteiger partial charge is 0.255 e. The predicted molar refractivity (Wildman–Crippen MR) is 75.0 cm³/mol. The number of anilines is 1. The number of nitrogens with one attached hydrogen (secondary N) is 1. The molecule has 0 fully saturated rings. The molecule has 106 valence electrons. The van der Waals surface area contributed by atoms with Crippen molar-refractivity contribution in [1.82, 2.24) is 20.2 Å². The van der Waals surface area contributed by atoms with E-state index >= 15 is 0 Å². The molecule has 2 rings (SSSR count). The molecule has 9 heteroatoms. The second-order valence-corrected chi connectivity index (χ2v) is 4.90. The van der Waals surface area contributed by atoms with Crippen molar-refractivity contribution in [3.8, 4) is 5.75 Å². The fourth-order valence-electron chi connectivity index (χ4n) is 1.53. The number of ether oxygens (including phenoxy) is 1. The lowest BCUT2D eigenvalue weighted by Crippen LogP contribution is -2.20. The zero-order valence-electron chi connectivity index (χ0n) is 10.7. The number of halogens is 1. The van der Waals surface area contributed by atoms with Crippen LogP contribution in [0, 0.1) is 0 Å². The molecule has 0 atom stereocenters. The number of aromatic nitrogens is 4. The van der Waals surface area contributed by atoms with Crippen molar-refractivity contribution in [3.63, 3.8) is 0 Å². The molecule has 0 aliphatic carbocycles. The number of carbonyl (C=O) groups excluding carboxylic acids is 1. The van der Waals surface area contributed by atoms with Crippen LogP contribution in [0.25, 0.3) is 0 Å². The van der Waals surface area contributed by atoms with Gasteiger partial charge in [-0.15, -0.1) is 0 Å². The number of nitrogens with two attached hydrogens (primary N) is 1. The average molecular weight is 341 g/mol. The van der Waals surface area contributed by atoms with E-state index in [1.807, 2.05) is 12.1 Å². The van der Waals surface area contributed by atoms with Gasteiger partial charge in [0.1, 0.15) is 5.75 Å². The maximum absolute atomic E-state index is 10.8. The maximum Gasteiger partial charge on any atom is 0.255 e. The highest BCUT2D eigenvalue weighted by Crippen LogP contribution is 2.24. The number of nitrogens with zero attached hydrogens (tertiary/aromatic N) is 4. The van der Waals surface area contributed by atoms with Gasteiger partial charge in [0, 0.05) is 23.6 Å². The molecule has 0 bridgehead atoms. The third-order valence-electron chi connectivity index (χ3n) is 2.45. The number of primary amides is 1. The largest absolute Gasteiger partial charge is 0.483 e. The molecule has 2 aromatic rings. The van der Waals surface area contributed by atoms with Gasteiger partial charge >= 0.3 is 0 Å². The lowest BCUT2D eigenvalue weighted by molar-refractivity contribution is -0.119. The Balaban J connectivity index is 2.10. The molecular weight excluding hydrogens is 328 g/mol. The van der Waals surface area contributed by atoms with Crippen LogP contribution in [-0.2, 0) is 18.4 Å². The molecule has 1 aromatic heterocycles. The topological polar surface area (TPSA) is 108 Å². The lowest BCUT2D eigenvalue weighted by Gasteiger charge is -2.11. The van der Waals surface area contributed by atoms with Crippen molar-refractivity contribution < 1.29 is 9.53 Å². The highest BCUT2D eigenvalue weighted by Gasteiger charge is 2.08. The van der Waals surface area contributed by atoms with Crippen LogP contribution in [0.5, 0.6) is 5.75 Å². The van der Waals surface area contributed by atoms with Crippen LogP contribution in [0.3, 0.4) is 0 Å². The Morgan fingerprint density at radius 1 is 1.55 bits per heavy atom. The minimum atomic E-state index is -0.524. The third-order valence-corrected chi connectivity index (χ3v) is 2.94. The van der Waals surface area contributed by atoms with Gasteiger partial charge in [-0.2, -0.15) is 0 Å². The number of hydrogen-bond donors (Lipinski definition) is 2. The van der Waals surface area contributed by atoms with Crippen LogP contribution in [0.15, 0.2) is 22.7 Å². The highest BCUT2D eigenvalue weighted by atomic mass is 79.9. The molecule has 8 nitrogen and oxygen atoms in total. The molecule has 1 heterocycles. The monoisotopic (exact) mass is 340 g/mol. The molecule has 20 heavy (non-hydrogen) atoms. The van der Waals surface area contributed by atoms with E-state index in [9.17, 15) is 4.79 Å². The van der Waals surface area contributed by atoms with Crippen molar-refractivity contribution in [2.24, 2.45) is 12.8 Å². The number of amides is 1. The fourth-order valence-corrected chi connectivity index (χ4v) is 1.94. The summed E-state index contributed by atoms with van der Waals surface area (Å²) >= 11 is 3.39. The van der Waals surface area contributed by atoms with E-state index in [1.54, 1.807) is 13.1 Å². The summed E-state index contributed by atoms with van der Waals surface area (Å²) in [6, 6.07) is 5.47. The molecule has 0 saturated heterocycles. The quantitative estimate of drug-likeness (QED) is 0.790. The summed E-state index contributed by atoms with van der Waals surface area (Å²) in [5.74, 6) is 0.588. The average Bonchev–Trinajstić information content (AvgIpc) is 2.80. The lowest BCUT2D eigenvalue weighted by atomic mass is 10.2. The summed E-state index contributed by atoms with van der Waals surface area (Å²) in [5, 5.41) is 14.1. The zero-order valence-corrected chi connectivity index (χ0v) is 12.3. The molecule has 0 unspecified atom stereocenters. The summed E-state index contributed by atoms with van der Waals surface area (Å²) < 4.78 is 7.78. The van der Waals surface area contributed by atoms with Gasteiger partial charge < -0.3 is 15.8 Å². The Hall–Kier alpha value is -2.16. The minimum absolute atomic E-state index is 0.167. The Morgan fingerprint density at radius 2 is 2.35 bits per heavy atom. The molecule has 0 spiro atoms. The third kappa shape index (κ3) is 3.67. The van der Waals surface area contributed by atoms with E-state index in [4.69, 9.17) is 10.5 Å². The summed E-state index contributed by atoms with van der Waals surface area (Å²) in [5.41, 5.74) is 5.92. The van der Waals surface area contributed by atoms with E-state index in [2.05, 4.69) is 36.8 Å². The van der Waals surface area contributed by atoms with E-state index in [0.717, 1.165) is 10.0 Å². The first-order chi connectivity index (χ1) is 9.56. The first-order valence-electron chi connectivity index (χ1n) is 5.72. The van der Waals surface area contributed by atoms with Crippen molar-refractivity contribution in [3.05, 3.63) is 28.2 Å². The van der Waals surface area contributed by atoms with Gasteiger partial charge in [0.05, 0.1) is 0 Å². The van der Waals surface area contributed by atoms with Gasteiger partial charge in [-0.3, -0.25) is 4.79 Å². The van der Waals surface area contributed by atoms with Crippen LogP contribution < -0.4 is 15.8 Å². The molecule has 0 aliphatic rings. The van der Waals surface area contributed by atoms with Crippen LogP contribution in [0.4, 0.5) is 5.95 Å². The summed E-state index contributed by atoms with van der Waals surface area (Å²) in [6.07, 6.45) is 0. The Bertz CT molecular complexity index is 615. The number of tetrazole rings is 1. The molecule has 0 saturated carbocycles. The number of benzene rings is 1. The summed E-state index contributed by atoms with van der Waals surface area (Å²) in [6.45, 7) is 0.280. The molecule has 1 aromatic carbocycles. The molecule has 1 amide bonds. The van der Waals surface area contributed by atoms with Crippen LogP contribution >= 0.6 is 15.9 Å². The summed E-state index contributed by atoms with van der Waals surface area (Å²) in [7, 11) is 1.73. The highest BCUT2D eigenvalue weighted by molar-refractivity contribution is 9.10. The van der Waals surface area contributed by atoms with E-state index in [0.29, 0.717) is 18.2 Å². The molecule has 0 aliphatic heterocycles. The minimum Gasteiger partial charge on any atom is -0.483 e. The Morgan fingerprint density at radius 3 is 3.00 bits per heavy atom. The van der Waals surface area contributed by atoms with Gasteiger partial charge in [-0.1, -0.05) is 21.0 Å². The van der Waals surface area contributed by atoms with Gasteiger partial charge in [-0.05, 0) is 28.6 Å². The predicted octanol–water partition coefficient (Wildman–Crippen LogP) is 0.449. The first-order valence-corrected chi connectivity index (χ1v) is 6.51. The van der Waals surface area contributed by atoms with Crippen LogP contribution in [0.1, 0.15) is 5.56 Å². The van der Waals surface area contributed by atoms with Crippen LogP contribution in [-0.4, -0.2) is 32.7 Å². The van der Waals surface area contributed by atoms with Crippen LogP contribution in [0.2, 0.25) is 0 Å². The van der Waals surface area contributed by atoms with E-state index in [-0.39, 0.29) is 6.61 Å². The Labute approximate surface area is 123 Å². The van der Waals surface area contributed by atoms with E-state index in [1.165, 1.54) is 4.68 Å². The summed E-state index contributed by atoms with van der Waals surface area (Å²) in [4.78, 5) is 10.8. The molecule has 3 N–H and O–H groups in total. The molecule has 0 radical (unpaired) electrons. The maximum atomic E-state index is 10.8. The van der Waals surface area contributed by atoms with Crippen molar-refractivity contribution in [2.75, 3.05) is 11.9 Å². The first kappa shape index (κ1) is 14.3. The van der Waals surface area contributed by atoms with Gasteiger partial charge in [0.25, 0.3) is 5.91 Å². The van der Waals surface area contributed by atoms with Gasteiger partial charge in [0.2, 0.25) is 5.95 Å². The van der Waals surface area contributed by atoms with Crippen molar-refractivity contribution >= 4 is 27.8 Å². The Kier molecular flexibility index (Phi) is 4.51. The number of rotatable bonds is 6. The van der Waals surface area contributed by atoms with Gasteiger partial charge in [-0.25, -0.2) is 4.68 Å². The normalized spacial score (nSPS) is 10.3. The standard InChI is InChI=1S/C11H13BrN6O2/c1-18-11(15-16-17-18)14-5-7-4-8(12)2-3-9(7)20-6-10(13)19/h2-4H,5-6H2,1H3,(H2,13,19)(H,14,15,17). The SMILES string of the molecule is Cn1nnnc1NCc1cc(Br)ccc1OCC(N)=O. The van der Waals surface area contributed by atoms with E-state index < -0.39 is 5.91 Å². The van der Waals surface area contributed by atoms with Crippen molar-refractivity contribution in [1.29, 1.82) is 0 Å². The zero-order chi connectivity index (χ0) is 14.5. The second kappa shape index (κ2) is 6.33. The molecular formula is C11H13BrN6O2. The number of carbonyl (C=O) groups is 1. The van der Waals surface area contributed by atoms with Crippen molar-refractivity contribution in [2.45, 2.75) is 6.54 Å². The second-order valence-electron chi connectivity index (χ2n) is 3.99. The number of aryl methyl sites for hydroxylation is 1. The van der Waals surface area contributed by atoms with Gasteiger partial charge in [0.15, 0.2) is 6.61 Å². The number of hydrogen-bond acceptors (Lipinski definition) is 6.